The highest BCUT2D eigenvalue weighted by molar-refractivity contribution is 5.79. The van der Waals surface area contributed by atoms with Gasteiger partial charge in [0.15, 0.2) is 5.96 Å². The van der Waals surface area contributed by atoms with Gasteiger partial charge in [-0.1, -0.05) is 12.1 Å². The van der Waals surface area contributed by atoms with Gasteiger partial charge in [-0.2, -0.15) is 0 Å². The normalized spacial score (nSPS) is 11.4. The fourth-order valence-corrected chi connectivity index (χ4v) is 2.46. The van der Waals surface area contributed by atoms with Crippen LogP contribution in [-0.2, 0) is 20.1 Å². The van der Waals surface area contributed by atoms with Gasteiger partial charge in [0, 0.05) is 59.4 Å². The summed E-state index contributed by atoms with van der Waals surface area (Å²) < 4.78 is 2.13. The molecule has 0 unspecified atom stereocenters. The Balaban J connectivity index is 1.93. The molecule has 5 nitrogen and oxygen atoms in total. The van der Waals surface area contributed by atoms with Crippen molar-refractivity contribution in [1.29, 1.82) is 0 Å². The van der Waals surface area contributed by atoms with Crippen LogP contribution in [-0.4, -0.2) is 43.6 Å². The molecule has 0 aliphatic heterocycles. The average Bonchev–Trinajstić information content (AvgIpc) is 2.93. The van der Waals surface area contributed by atoms with E-state index in [2.05, 4.69) is 81.4 Å². The van der Waals surface area contributed by atoms with Crippen LogP contribution in [0.25, 0.3) is 0 Å². The fourth-order valence-electron chi connectivity index (χ4n) is 2.46. The molecular weight excluding hydrogens is 286 g/mol. The van der Waals surface area contributed by atoms with E-state index >= 15 is 0 Å². The maximum absolute atomic E-state index is 4.37. The van der Waals surface area contributed by atoms with Gasteiger partial charge in [-0.25, -0.2) is 0 Å². The zero-order valence-corrected chi connectivity index (χ0v) is 14.7. The summed E-state index contributed by atoms with van der Waals surface area (Å²) in [6.45, 7) is 1.58. The van der Waals surface area contributed by atoms with Crippen molar-refractivity contribution in [2.24, 2.45) is 12.0 Å². The molecule has 2 aromatic rings. The van der Waals surface area contributed by atoms with Crippen LogP contribution in [0, 0.1) is 0 Å². The Morgan fingerprint density at radius 3 is 2.35 bits per heavy atom. The topological polar surface area (TPSA) is 35.8 Å². The van der Waals surface area contributed by atoms with Crippen molar-refractivity contribution in [1.82, 2.24) is 14.8 Å². The van der Waals surface area contributed by atoms with Gasteiger partial charge in [0.2, 0.25) is 0 Å². The highest BCUT2D eigenvalue weighted by Crippen LogP contribution is 2.12. The summed E-state index contributed by atoms with van der Waals surface area (Å²) in [6, 6.07) is 12.7. The third kappa shape index (κ3) is 4.52. The molecule has 1 aromatic heterocycles. The maximum atomic E-state index is 4.37. The Hall–Kier alpha value is -2.43. The van der Waals surface area contributed by atoms with Gasteiger partial charge < -0.3 is 19.7 Å². The highest BCUT2D eigenvalue weighted by Gasteiger charge is 2.08. The minimum Gasteiger partial charge on any atom is -0.378 e. The molecule has 0 radical (unpaired) electrons. The Labute approximate surface area is 139 Å². The Bertz CT molecular complexity index is 640. The Kier molecular flexibility index (Phi) is 5.68. The van der Waals surface area contributed by atoms with E-state index in [0.717, 1.165) is 19.0 Å². The van der Waals surface area contributed by atoms with E-state index in [0.29, 0.717) is 0 Å². The molecule has 0 saturated carbocycles. The third-order valence-electron chi connectivity index (χ3n) is 3.93. The number of rotatable bonds is 5. The van der Waals surface area contributed by atoms with E-state index in [-0.39, 0.29) is 0 Å². The van der Waals surface area contributed by atoms with E-state index < -0.39 is 0 Å². The molecule has 1 aromatic carbocycles. The SMILES string of the molecule is CN=C(NCc1ccc(N(C)C)cc1)N(C)Cc1cccn1C. The van der Waals surface area contributed by atoms with Crippen LogP contribution in [0.4, 0.5) is 5.69 Å². The number of aryl methyl sites for hydroxylation is 1. The number of nitrogens with zero attached hydrogens (tertiary/aromatic N) is 4. The van der Waals surface area contributed by atoms with Crippen LogP contribution in [0.3, 0.4) is 0 Å². The second-order valence-corrected chi connectivity index (χ2v) is 5.93. The van der Waals surface area contributed by atoms with Crippen molar-refractivity contribution in [3.05, 3.63) is 53.9 Å². The molecule has 1 N–H and O–H groups in total. The summed E-state index contributed by atoms with van der Waals surface area (Å²) in [5.74, 6) is 0.892. The zero-order chi connectivity index (χ0) is 16.8. The molecule has 1 heterocycles. The van der Waals surface area contributed by atoms with Crippen molar-refractivity contribution < 1.29 is 0 Å². The van der Waals surface area contributed by atoms with Crippen molar-refractivity contribution >= 4 is 11.6 Å². The summed E-state index contributed by atoms with van der Waals surface area (Å²) in [5.41, 5.74) is 3.70. The van der Waals surface area contributed by atoms with Gasteiger partial charge in [-0.3, -0.25) is 4.99 Å². The first-order chi connectivity index (χ1) is 11.0. The summed E-state index contributed by atoms with van der Waals surface area (Å²) in [5, 5.41) is 3.42. The van der Waals surface area contributed by atoms with Crippen molar-refractivity contribution in [3.63, 3.8) is 0 Å². The standard InChI is InChI=1S/C18H27N5/c1-19-18(23(5)14-17-7-6-12-22(17)4)20-13-15-8-10-16(11-9-15)21(2)3/h6-12H,13-14H2,1-5H3,(H,19,20). The second kappa shape index (κ2) is 7.72. The Morgan fingerprint density at radius 2 is 1.83 bits per heavy atom. The quantitative estimate of drug-likeness (QED) is 0.680. The molecule has 0 spiro atoms. The van der Waals surface area contributed by atoms with Gasteiger partial charge in [0.25, 0.3) is 0 Å². The summed E-state index contributed by atoms with van der Waals surface area (Å²) in [4.78, 5) is 8.60. The maximum Gasteiger partial charge on any atom is 0.194 e. The van der Waals surface area contributed by atoms with Gasteiger partial charge in [-0.05, 0) is 29.8 Å². The number of benzene rings is 1. The number of hydrogen-bond donors (Lipinski definition) is 1. The molecule has 0 fully saturated rings. The summed E-state index contributed by atoms with van der Waals surface area (Å²) in [6.07, 6.45) is 2.06. The van der Waals surface area contributed by atoms with Gasteiger partial charge in [0.05, 0.1) is 6.54 Å². The van der Waals surface area contributed by atoms with Crippen molar-refractivity contribution in [3.8, 4) is 0 Å². The second-order valence-electron chi connectivity index (χ2n) is 5.93. The predicted molar refractivity (Wildman–Crippen MR) is 97.8 cm³/mol. The molecule has 2 rings (SSSR count). The van der Waals surface area contributed by atoms with E-state index in [1.54, 1.807) is 0 Å². The molecular formula is C18H27N5. The van der Waals surface area contributed by atoms with Gasteiger partial charge in [0.1, 0.15) is 0 Å². The zero-order valence-electron chi connectivity index (χ0n) is 14.7. The lowest BCUT2D eigenvalue weighted by Crippen LogP contribution is -2.38. The molecule has 0 saturated heterocycles. The third-order valence-corrected chi connectivity index (χ3v) is 3.93. The first-order valence-corrected chi connectivity index (χ1v) is 7.79. The Morgan fingerprint density at radius 1 is 1.13 bits per heavy atom. The molecule has 0 aliphatic carbocycles. The molecule has 124 valence electrons. The first-order valence-electron chi connectivity index (χ1n) is 7.79. The van der Waals surface area contributed by atoms with Gasteiger partial charge in [-0.15, -0.1) is 0 Å². The van der Waals surface area contributed by atoms with Crippen LogP contribution in [0.1, 0.15) is 11.3 Å². The smallest absolute Gasteiger partial charge is 0.194 e. The number of nitrogens with one attached hydrogen (secondary N) is 1. The van der Waals surface area contributed by atoms with Crippen molar-refractivity contribution in [2.45, 2.75) is 13.1 Å². The van der Waals surface area contributed by atoms with Crippen LogP contribution >= 0.6 is 0 Å². The lowest BCUT2D eigenvalue weighted by atomic mass is 10.2. The molecule has 23 heavy (non-hydrogen) atoms. The minimum atomic E-state index is 0.762. The largest absolute Gasteiger partial charge is 0.378 e. The lowest BCUT2D eigenvalue weighted by Gasteiger charge is -2.22. The number of guanidine groups is 1. The lowest BCUT2D eigenvalue weighted by molar-refractivity contribution is 0.461. The van der Waals surface area contributed by atoms with Gasteiger partial charge >= 0.3 is 0 Å². The molecule has 5 heteroatoms. The van der Waals surface area contributed by atoms with Crippen LogP contribution in [0.5, 0.6) is 0 Å². The van der Waals surface area contributed by atoms with Crippen LogP contribution in [0.15, 0.2) is 47.6 Å². The summed E-state index contributed by atoms with van der Waals surface area (Å²) in [7, 11) is 10.0. The molecule has 0 aliphatic rings. The van der Waals surface area contributed by atoms with Crippen molar-refractivity contribution in [2.75, 3.05) is 33.1 Å². The monoisotopic (exact) mass is 313 g/mol. The highest BCUT2D eigenvalue weighted by atomic mass is 15.3. The van der Waals surface area contributed by atoms with E-state index in [1.807, 2.05) is 21.1 Å². The van der Waals surface area contributed by atoms with E-state index in [9.17, 15) is 0 Å². The molecule has 0 atom stereocenters. The van der Waals surface area contributed by atoms with E-state index in [4.69, 9.17) is 0 Å². The van der Waals surface area contributed by atoms with Crippen LogP contribution in [0.2, 0.25) is 0 Å². The van der Waals surface area contributed by atoms with E-state index in [1.165, 1.54) is 16.9 Å². The summed E-state index contributed by atoms with van der Waals surface area (Å²) >= 11 is 0. The molecule has 0 bridgehead atoms. The van der Waals surface area contributed by atoms with Crippen LogP contribution < -0.4 is 10.2 Å². The average molecular weight is 313 g/mol. The predicted octanol–water partition coefficient (Wildman–Crippen LogP) is 2.30. The fraction of sp³-hybridized carbons (Fsp3) is 0.389. The molecule has 0 amide bonds. The number of anilines is 1. The number of hydrogen-bond acceptors (Lipinski definition) is 2. The minimum absolute atomic E-state index is 0.762. The number of aliphatic imine (C=N–C) groups is 1. The first kappa shape index (κ1) is 16.9. The number of aromatic nitrogens is 1.